The fourth-order valence-electron chi connectivity index (χ4n) is 4.25. The minimum atomic E-state index is -0.855. The SMILES string of the molecule is CCOC(=O)C1=C(C)NC(=S)N(C(=O)/C(C)=C/c2ccccc2OC)C1c1ccc(OCC)c(OCC)c1. The summed E-state index contributed by atoms with van der Waals surface area (Å²) in [5.41, 5.74) is 2.57. The monoisotopic (exact) mass is 538 g/mol. The molecule has 1 heterocycles. The first kappa shape index (κ1) is 28.7. The molecule has 0 radical (unpaired) electrons. The highest BCUT2D eigenvalue weighted by Gasteiger charge is 2.40. The summed E-state index contributed by atoms with van der Waals surface area (Å²) in [5.74, 6) is 0.788. The maximum atomic E-state index is 14.0. The molecule has 0 fully saturated rings. The van der Waals surface area contributed by atoms with Gasteiger partial charge in [0.05, 0.1) is 38.5 Å². The minimum absolute atomic E-state index is 0.171. The summed E-state index contributed by atoms with van der Waals surface area (Å²) >= 11 is 5.65. The number of ether oxygens (including phenoxy) is 4. The minimum Gasteiger partial charge on any atom is -0.496 e. The highest BCUT2D eigenvalue weighted by Crippen LogP contribution is 2.39. The van der Waals surface area contributed by atoms with Crippen molar-refractivity contribution in [3.05, 3.63) is 70.4 Å². The van der Waals surface area contributed by atoms with Gasteiger partial charge >= 0.3 is 5.97 Å². The lowest BCUT2D eigenvalue weighted by atomic mass is 9.92. The van der Waals surface area contributed by atoms with E-state index in [1.54, 1.807) is 52.2 Å². The molecular formula is C29H34N2O6S. The number of para-hydroxylation sites is 1. The zero-order valence-corrected chi connectivity index (χ0v) is 23.4. The van der Waals surface area contributed by atoms with Crippen molar-refractivity contribution in [3.63, 3.8) is 0 Å². The Morgan fingerprint density at radius 1 is 1.00 bits per heavy atom. The molecule has 8 nitrogen and oxygen atoms in total. The van der Waals surface area contributed by atoms with Gasteiger partial charge in [0.25, 0.3) is 5.91 Å². The van der Waals surface area contributed by atoms with Crippen LogP contribution in [-0.2, 0) is 14.3 Å². The lowest BCUT2D eigenvalue weighted by molar-refractivity contribution is -0.139. The van der Waals surface area contributed by atoms with Gasteiger partial charge in [0.2, 0.25) is 0 Å². The number of nitrogens with zero attached hydrogens (tertiary/aromatic N) is 1. The van der Waals surface area contributed by atoms with Gasteiger partial charge in [0.15, 0.2) is 16.6 Å². The number of carbonyl (C=O) groups is 2. The molecule has 1 aliphatic rings. The Balaban J connectivity index is 2.18. The number of hydrogen-bond acceptors (Lipinski definition) is 7. The molecule has 2 aromatic carbocycles. The van der Waals surface area contributed by atoms with Crippen molar-refractivity contribution in [3.8, 4) is 17.2 Å². The number of carbonyl (C=O) groups excluding carboxylic acids is 2. The van der Waals surface area contributed by atoms with Crippen LogP contribution in [0.5, 0.6) is 17.2 Å². The summed E-state index contributed by atoms with van der Waals surface area (Å²) in [5, 5.41) is 3.19. The largest absolute Gasteiger partial charge is 0.496 e. The summed E-state index contributed by atoms with van der Waals surface area (Å²) in [6.07, 6.45) is 1.74. The van der Waals surface area contributed by atoms with Crippen molar-refractivity contribution in [1.82, 2.24) is 10.2 Å². The number of rotatable bonds is 10. The van der Waals surface area contributed by atoms with Crippen LogP contribution in [0.1, 0.15) is 51.8 Å². The molecular weight excluding hydrogens is 504 g/mol. The maximum absolute atomic E-state index is 14.0. The third-order valence-electron chi connectivity index (χ3n) is 5.89. The molecule has 0 bridgehead atoms. The van der Waals surface area contributed by atoms with Crippen molar-refractivity contribution >= 4 is 35.3 Å². The van der Waals surface area contributed by atoms with E-state index in [2.05, 4.69) is 5.32 Å². The molecule has 9 heteroatoms. The Bertz CT molecular complexity index is 1270. The molecule has 38 heavy (non-hydrogen) atoms. The molecule has 1 aliphatic heterocycles. The highest BCUT2D eigenvalue weighted by atomic mass is 32.1. The van der Waals surface area contributed by atoms with Gasteiger partial charge in [-0.1, -0.05) is 24.3 Å². The van der Waals surface area contributed by atoms with Crippen LogP contribution in [0.4, 0.5) is 0 Å². The molecule has 0 spiro atoms. The summed E-state index contributed by atoms with van der Waals surface area (Å²) in [4.78, 5) is 28.6. The number of thiocarbonyl (C=S) groups is 1. The zero-order chi connectivity index (χ0) is 27.8. The van der Waals surface area contributed by atoms with Gasteiger partial charge in [0.1, 0.15) is 5.75 Å². The zero-order valence-electron chi connectivity index (χ0n) is 22.6. The van der Waals surface area contributed by atoms with Crippen molar-refractivity contribution in [1.29, 1.82) is 0 Å². The average Bonchev–Trinajstić information content (AvgIpc) is 2.89. The normalized spacial score (nSPS) is 15.6. The van der Waals surface area contributed by atoms with Gasteiger partial charge in [-0.15, -0.1) is 0 Å². The van der Waals surface area contributed by atoms with Crippen LogP contribution in [0.3, 0.4) is 0 Å². The number of esters is 1. The Kier molecular flexibility index (Phi) is 9.90. The van der Waals surface area contributed by atoms with Crippen LogP contribution < -0.4 is 19.5 Å². The molecule has 3 rings (SSSR count). The molecule has 1 atom stereocenters. The molecule has 202 valence electrons. The van der Waals surface area contributed by atoms with Crippen molar-refractivity contribution in [2.45, 2.75) is 40.7 Å². The van der Waals surface area contributed by atoms with E-state index in [4.69, 9.17) is 31.2 Å². The van der Waals surface area contributed by atoms with Crippen LogP contribution in [0, 0.1) is 0 Å². The first-order chi connectivity index (χ1) is 18.3. The Morgan fingerprint density at radius 2 is 1.68 bits per heavy atom. The van der Waals surface area contributed by atoms with E-state index in [0.717, 1.165) is 5.56 Å². The molecule has 1 N–H and O–H groups in total. The van der Waals surface area contributed by atoms with Gasteiger partial charge in [-0.25, -0.2) is 4.79 Å². The van der Waals surface area contributed by atoms with Crippen molar-refractivity contribution in [2.24, 2.45) is 0 Å². The summed E-state index contributed by atoms with van der Waals surface area (Å²) in [6.45, 7) is 9.99. The van der Waals surface area contributed by atoms with E-state index in [9.17, 15) is 9.59 Å². The summed E-state index contributed by atoms with van der Waals surface area (Å²) in [6, 6.07) is 11.9. The fraction of sp³-hybridized carbons (Fsp3) is 0.345. The van der Waals surface area contributed by atoms with Crippen LogP contribution in [0.15, 0.2) is 59.3 Å². The fourth-order valence-corrected chi connectivity index (χ4v) is 4.59. The van der Waals surface area contributed by atoms with Gasteiger partial charge in [-0.05, 0) is 76.7 Å². The first-order valence-electron chi connectivity index (χ1n) is 12.5. The number of benzene rings is 2. The van der Waals surface area contributed by atoms with Crippen LogP contribution >= 0.6 is 12.2 Å². The number of allylic oxidation sites excluding steroid dienone is 1. The molecule has 0 saturated carbocycles. The van der Waals surface area contributed by atoms with E-state index in [-0.39, 0.29) is 23.2 Å². The second-order valence-electron chi connectivity index (χ2n) is 8.41. The highest BCUT2D eigenvalue weighted by molar-refractivity contribution is 7.80. The van der Waals surface area contributed by atoms with Gasteiger partial charge < -0.3 is 24.3 Å². The van der Waals surface area contributed by atoms with Crippen LogP contribution in [-0.4, -0.2) is 48.8 Å². The summed E-state index contributed by atoms with van der Waals surface area (Å²) in [7, 11) is 1.57. The number of amides is 1. The van der Waals surface area contributed by atoms with Gasteiger partial charge in [0, 0.05) is 16.8 Å². The lowest BCUT2D eigenvalue weighted by Crippen LogP contribution is -2.51. The molecule has 0 aliphatic carbocycles. The van der Waals surface area contributed by atoms with Gasteiger partial charge in [-0.2, -0.15) is 0 Å². The van der Waals surface area contributed by atoms with E-state index in [0.29, 0.717) is 47.3 Å². The average molecular weight is 539 g/mol. The number of nitrogens with one attached hydrogen (secondary N) is 1. The maximum Gasteiger partial charge on any atom is 0.338 e. The Morgan fingerprint density at radius 3 is 2.34 bits per heavy atom. The van der Waals surface area contributed by atoms with E-state index < -0.39 is 12.0 Å². The Hall–Kier alpha value is -3.85. The third kappa shape index (κ3) is 6.16. The first-order valence-corrected chi connectivity index (χ1v) is 12.9. The number of methoxy groups -OCH3 is 1. The predicted molar refractivity (Wildman–Crippen MR) is 150 cm³/mol. The summed E-state index contributed by atoms with van der Waals surface area (Å²) < 4.78 is 22.4. The second kappa shape index (κ2) is 13.1. The van der Waals surface area contributed by atoms with E-state index in [1.807, 2.05) is 38.1 Å². The van der Waals surface area contributed by atoms with Crippen LogP contribution in [0.2, 0.25) is 0 Å². The lowest BCUT2D eigenvalue weighted by Gasteiger charge is -2.38. The van der Waals surface area contributed by atoms with E-state index >= 15 is 0 Å². The predicted octanol–water partition coefficient (Wildman–Crippen LogP) is 5.19. The molecule has 1 amide bonds. The quantitative estimate of drug-likeness (QED) is 0.251. The van der Waals surface area contributed by atoms with Crippen molar-refractivity contribution < 1.29 is 28.5 Å². The Labute approximate surface area is 229 Å². The third-order valence-corrected chi connectivity index (χ3v) is 6.19. The standard InChI is InChI=1S/C29H34N2O6S/c1-7-35-23-15-14-21(17-24(23)36-8-2)26-25(28(33)37-9-3)19(5)30-29(38)31(26)27(32)18(4)16-20-12-10-11-13-22(20)34-6/h10-17,26H,7-9H2,1-6H3,(H,30,38)/b18-16+. The second-order valence-corrected chi connectivity index (χ2v) is 8.80. The topological polar surface area (TPSA) is 86.3 Å². The smallest absolute Gasteiger partial charge is 0.338 e. The molecule has 0 saturated heterocycles. The molecule has 2 aromatic rings. The van der Waals surface area contributed by atoms with Gasteiger partial charge in [-0.3, -0.25) is 9.69 Å². The van der Waals surface area contributed by atoms with Crippen LogP contribution in [0.25, 0.3) is 6.08 Å². The number of hydrogen-bond donors (Lipinski definition) is 1. The van der Waals surface area contributed by atoms with E-state index in [1.165, 1.54) is 4.90 Å². The molecule has 1 unspecified atom stereocenters. The molecule has 0 aromatic heterocycles. The van der Waals surface area contributed by atoms with Crippen molar-refractivity contribution in [2.75, 3.05) is 26.9 Å².